The van der Waals surface area contributed by atoms with Crippen molar-refractivity contribution in [3.63, 3.8) is 0 Å². The first kappa shape index (κ1) is 25.4. The summed E-state index contributed by atoms with van der Waals surface area (Å²) in [6, 6.07) is 20.3. The number of amides is 2. The van der Waals surface area contributed by atoms with Crippen LogP contribution in [0.15, 0.2) is 81.0 Å². The number of H-pyrrole nitrogens is 1. The topological polar surface area (TPSA) is 79.5 Å². The molecular formula is C28H20BrClN2O4S2. The van der Waals surface area contributed by atoms with Crippen molar-refractivity contribution in [2.75, 3.05) is 4.90 Å². The van der Waals surface area contributed by atoms with E-state index < -0.39 is 17.1 Å². The van der Waals surface area contributed by atoms with Crippen LogP contribution in [0, 0.1) is 12.8 Å². The highest BCUT2D eigenvalue weighted by Crippen LogP contribution is 2.54. The molecule has 0 radical (unpaired) electrons. The molecule has 192 valence electrons. The molecule has 3 heterocycles. The number of nitrogens with one attached hydrogen (secondary N) is 1. The van der Waals surface area contributed by atoms with Crippen molar-refractivity contribution in [2.24, 2.45) is 5.92 Å². The molecule has 1 N–H and O–H groups in total. The number of carbonyl (C=O) groups excluding carboxylic acids is 2. The number of aryl methyl sites for hydroxylation is 1. The highest BCUT2D eigenvalue weighted by Gasteiger charge is 2.56. The zero-order valence-electron chi connectivity index (χ0n) is 19.9. The average Bonchev–Trinajstić information content (AvgIpc) is 3.39. The van der Waals surface area contributed by atoms with Crippen molar-refractivity contribution in [3.8, 4) is 5.75 Å². The van der Waals surface area contributed by atoms with Gasteiger partial charge in [0.15, 0.2) is 0 Å². The van der Waals surface area contributed by atoms with Crippen LogP contribution >= 0.6 is 50.6 Å². The number of ether oxygens (including phenoxy) is 1. The molecule has 1 saturated heterocycles. The molecule has 0 aliphatic carbocycles. The van der Waals surface area contributed by atoms with Crippen LogP contribution in [0.4, 0.5) is 5.69 Å². The predicted octanol–water partition coefficient (Wildman–Crippen LogP) is 6.54. The second-order valence-corrected chi connectivity index (χ2v) is 12.7. The van der Waals surface area contributed by atoms with Gasteiger partial charge in [-0.2, -0.15) is 0 Å². The van der Waals surface area contributed by atoms with Gasteiger partial charge < -0.3 is 9.72 Å². The Balaban J connectivity index is 1.45. The fourth-order valence-corrected chi connectivity index (χ4v) is 8.03. The highest BCUT2D eigenvalue weighted by atomic mass is 79.9. The van der Waals surface area contributed by atoms with Crippen LogP contribution in [0.25, 0.3) is 0 Å². The van der Waals surface area contributed by atoms with E-state index >= 15 is 0 Å². The Kier molecular flexibility index (Phi) is 6.72. The van der Waals surface area contributed by atoms with Crippen LogP contribution in [0.5, 0.6) is 5.75 Å². The van der Waals surface area contributed by atoms with E-state index in [2.05, 4.69) is 20.9 Å². The van der Waals surface area contributed by atoms with Crippen LogP contribution in [-0.2, 0) is 16.2 Å². The Labute approximate surface area is 240 Å². The summed E-state index contributed by atoms with van der Waals surface area (Å²) in [5, 5.41) is 0.446. The molecule has 4 aromatic rings. The van der Waals surface area contributed by atoms with E-state index in [1.54, 1.807) is 24.3 Å². The van der Waals surface area contributed by atoms with Gasteiger partial charge in [-0.1, -0.05) is 74.9 Å². The van der Waals surface area contributed by atoms with E-state index in [1.807, 2.05) is 49.4 Å². The van der Waals surface area contributed by atoms with Crippen LogP contribution in [0.3, 0.4) is 0 Å². The molecule has 3 atom stereocenters. The maximum atomic E-state index is 14.0. The summed E-state index contributed by atoms with van der Waals surface area (Å²) in [7, 11) is 0. The predicted molar refractivity (Wildman–Crippen MR) is 154 cm³/mol. The molecule has 2 aliphatic rings. The fraction of sp³-hybridized carbons (Fsp3) is 0.179. The Hall–Kier alpha value is -2.85. The molecule has 2 aliphatic heterocycles. The molecule has 6 nitrogen and oxygen atoms in total. The van der Waals surface area contributed by atoms with Crippen LogP contribution in [0.1, 0.15) is 27.5 Å². The number of nitrogens with zero attached hydrogens (tertiary/aromatic N) is 1. The molecule has 0 saturated carbocycles. The van der Waals surface area contributed by atoms with E-state index in [-0.39, 0.29) is 16.7 Å². The summed E-state index contributed by atoms with van der Waals surface area (Å²) in [5.74, 6) is -1.27. The van der Waals surface area contributed by atoms with E-state index in [0.717, 1.165) is 37.4 Å². The molecule has 3 aromatic carbocycles. The second-order valence-electron chi connectivity index (χ2n) is 9.14. The number of imide groups is 1. The molecule has 6 rings (SSSR count). The van der Waals surface area contributed by atoms with Gasteiger partial charge in [0.25, 0.3) is 0 Å². The Morgan fingerprint density at radius 2 is 1.79 bits per heavy atom. The van der Waals surface area contributed by atoms with Gasteiger partial charge >= 0.3 is 4.87 Å². The molecule has 1 fully saturated rings. The first-order valence-electron chi connectivity index (χ1n) is 11.8. The number of halogens is 2. The summed E-state index contributed by atoms with van der Waals surface area (Å²) in [4.78, 5) is 44.7. The van der Waals surface area contributed by atoms with Crippen molar-refractivity contribution >= 4 is 68.1 Å². The van der Waals surface area contributed by atoms with E-state index in [4.69, 9.17) is 16.3 Å². The van der Waals surface area contributed by atoms with Crippen molar-refractivity contribution < 1.29 is 14.3 Å². The minimum atomic E-state index is -0.711. The average molecular weight is 628 g/mol. The number of hydrogen-bond acceptors (Lipinski definition) is 6. The van der Waals surface area contributed by atoms with Gasteiger partial charge in [-0.3, -0.25) is 14.4 Å². The highest BCUT2D eigenvalue weighted by molar-refractivity contribution is 9.10. The third-order valence-electron chi connectivity index (χ3n) is 6.86. The quantitative estimate of drug-likeness (QED) is 0.255. The zero-order valence-corrected chi connectivity index (χ0v) is 23.9. The summed E-state index contributed by atoms with van der Waals surface area (Å²) in [6.45, 7) is 2.37. The van der Waals surface area contributed by atoms with E-state index in [0.29, 0.717) is 28.1 Å². The SMILES string of the molecule is Cc1ccccc1COc1ccc(Br)cc1[C@@H]1c2sc(=O)[nH]c2S[C@H]2C(=O)N(c3ccc(Cl)cc3)C(=O)[C@@H]12. The lowest BCUT2D eigenvalue weighted by atomic mass is 9.82. The lowest BCUT2D eigenvalue weighted by Gasteiger charge is -2.31. The molecule has 10 heteroatoms. The van der Waals surface area contributed by atoms with E-state index in [1.165, 1.54) is 16.7 Å². The number of aromatic nitrogens is 1. The summed E-state index contributed by atoms with van der Waals surface area (Å²) in [6.07, 6.45) is 0. The van der Waals surface area contributed by atoms with Crippen molar-refractivity contribution in [1.82, 2.24) is 4.98 Å². The standard InChI is InChI=1S/C28H20BrClN2O4S2/c1-14-4-2-3-5-15(14)13-36-20-11-6-16(29)12-19(20)21-22-24(37-25-23(21)38-28(35)31-25)27(34)32(26(22)33)18-9-7-17(30)8-10-18/h2-12,21-22,24H,13H2,1H3,(H,31,35)/t21-,22-,24+/m0/s1. The first-order chi connectivity index (χ1) is 18.3. The molecule has 38 heavy (non-hydrogen) atoms. The van der Waals surface area contributed by atoms with Gasteiger partial charge in [0.2, 0.25) is 11.8 Å². The van der Waals surface area contributed by atoms with Gasteiger partial charge in [0.05, 0.1) is 16.6 Å². The zero-order chi connectivity index (χ0) is 26.6. The maximum Gasteiger partial charge on any atom is 0.305 e. The number of fused-ring (bicyclic) bond motifs is 2. The summed E-state index contributed by atoms with van der Waals surface area (Å²) in [5.41, 5.74) is 3.38. The summed E-state index contributed by atoms with van der Waals surface area (Å²) < 4.78 is 7.14. The Bertz CT molecular complexity index is 1630. The number of aromatic amines is 1. The Morgan fingerprint density at radius 3 is 2.55 bits per heavy atom. The van der Waals surface area contributed by atoms with Gasteiger partial charge in [0.1, 0.15) is 17.6 Å². The van der Waals surface area contributed by atoms with Crippen LogP contribution in [0.2, 0.25) is 5.02 Å². The molecule has 0 spiro atoms. The normalized spacial score (nSPS) is 20.4. The second kappa shape index (κ2) is 10.0. The smallest absolute Gasteiger partial charge is 0.305 e. The number of thiazole rings is 1. The molecular weight excluding hydrogens is 608 g/mol. The van der Waals surface area contributed by atoms with Crippen LogP contribution in [-0.4, -0.2) is 22.0 Å². The lowest BCUT2D eigenvalue weighted by molar-refractivity contribution is -0.122. The van der Waals surface area contributed by atoms with Gasteiger partial charge in [0, 0.05) is 25.9 Å². The number of rotatable bonds is 5. The van der Waals surface area contributed by atoms with Crippen LogP contribution < -0.4 is 14.5 Å². The van der Waals surface area contributed by atoms with Gasteiger partial charge in [-0.05, 0) is 60.5 Å². The van der Waals surface area contributed by atoms with Crippen molar-refractivity contribution in [3.05, 3.63) is 107 Å². The lowest BCUT2D eigenvalue weighted by Crippen LogP contribution is -2.32. The Morgan fingerprint density at radius 1 is 1.03 bits per heavy atom. The monoisotopic (exact) mass is 626 g/mol. The van der Waals surface area contributed by atoms with Crippen molar-refractivity contribution in [1.29, 1.82) is 0 Å². The third kappa shape index (κ3) is 4.41. The number of thioether (sulfide) groups is 1. The van der Waals surface area contributed by atoms with Crippen molar-refractivity contribution in [2.45, 2.75) is 29.7 Å². The molecule has 0 unspecified atom stereocenters. The fourth-order valence-electron chi connectivity index (χ4n) is 5.02. The maximum absolute atomic E-state index is 14.0. The van der Waals surface area contributed by atoms with E-state index in [9.17, 15) is 14.4 Å². The minimum Gasteiger partial charge on any atom is -0.489 e. The summed E-state index contributed by atoms with van der Waals surface area (Å²) >= 11 is 11.9. The first-order valence-corrected chi connectivity index (χ1v) is 14.7. The number of hydrogen-bond donors (Lipinski definition) is 1. The largest absolute Gasteiger partial charge is 0.489 e. The minimum absolute atomic E-state index is 0.223. The number of benzene rings is 3. The third-order valence-corrected chi connectivity index (χ3v) is 10.0. The molecule has 1 aromatic heterocycles. The van der Waals surface area contributed by atoms with Gasteiger partial charge in [-0.15, -0.1) is 0 Å². The molecule has 0 bridgehead atoms. The van der Waals surface area contributed by atoms with Gasteiger partial charge in [-0.25, -0.2) is 4.90 Å². The molecule has 2 amide bonds. The number of carbonyl (C=O) groups is 2. The number of anilines is 1.